The second-order valence-electron chi connectivity index (χ2n) is 4.21. The van der Waals surface area contributed by atoms with Crippen LogP contribution in [0.4, 0.5) is 26.3 Å². The van der Waals surface area contributed by atoms with E-state index >= 15 is 0 Å². The fourth-order valence-electron chi connectivity index (χ4n) is 1.61. The number of benzene rings is 1. The molecule has 0 fully saturated rings. The van der Waals surface area contributed by atoms with Crippen molar-refractivity contribution in [3.8, 4) is 0 Å². The monoisotopic (exact) mass is 315 g/mol. The van der Waals surface area contributed by atoms with Crippen LogP contribution in [0.5, 0.6) is 0 Å². The van der Waals surface area contributed by atoms with Crippen LogP contribution in [-0.4, -0.2) is 23.4 Å². The van der Waals surface area contributed by atoms with Gasteiger partial charge in [-0.25, -0.2) is 0 Å². The van der Waals surface area contributed by atoms with Crippen LogP contribution in [0.15, 0.2) is 24.3 Å². The van der Waals surface area contributed by atoms with Crippen molar-refractivity contribution in [2.24, 2.45) is 5.92 Å². The predicted molar refractivity (Wildman–Crippen MR) is 59.8 cm³/mol. The zero-order valence-corrected chi connectivity index (χ0v) is 10.4. The van der Waals surface area contributed by atoms with Crippen molar-refractivity contribution in [3.63, 3.8) is 0 Å². The number of hydrogen-bond donors (Lipinski definition) is 2. The van der Waals surface area contributed by atoms with Gasteiger partial charge in [-0.2, -0.15) is 26.3 Å². The number of halogens is 6. The number of carbonyl (C=O) groups is 1. The number of nitrogens with one attached hydrogen (secondary N) is 1. The predicted octanol–water partition coefficient (Wildman–Crippen LogP) is 2.54. The highest BCUT2D eigenvalue weighted by Crippen LogP contribution is 2.39. The molecule has 0 aliphatic carbocycles. The summed E-state index contributed by atoms with van der Waals surface area (Å²) >= 11 is 0. The maximum atomic E-state index is 12.3. The maximum absolute atomic E-state index is 12.3. The minimum absolute atomic E-state index is 0.276. The van der Waals surface area contributed by atoms with Crippen molar-refractivity contribution in [1.29, 1.82) is 0 Å². The highest BCUT2D eigenvalue weighted by atomic mass is 19.4. The summed E-state index contributed by atoms with van der Waals surface area (Å²) in [6.07, 6.45) is -11.4. The van der Waals surface area contributed by atoms with Crippen molar-refractivity contribution in [3.05, 3.63) is 35.4 Å². The molecule has 1 amide bonds. The van der Waals surface area contributed by atoms with E-state index in [1.165, 1.54) is 24.3 Å². The second-order valence-corrected chi connectivity index (χ2v) is 4.21. The van der Waals surface area contributed by atoms with Gasteiger partial charge in [0.05, 0.1) is 6.61 Å². The van der Waals surface area contributed by atoms with Crippen LogP contribution >= 0.6 is 0 Å². The number of amides is 1. The minimum atomic E-state index is -5.71. The first-order valence-electron chi connectivity index (χ1n) is 5.65. The molecule has 0 aliphatic heterocycles. The Labute approximate surface area is 115 Å². The zero-order chi connectivity index (χ0) is 16.3. The Morgan fingerprint density at radius 2 is 1.62 bits per heavy atom. The Hall–Kier alpha value is -1.77. The Bertz CT molecular complexity index is 483. The molecule has 1 rings (SSSR count). The average molecular weight is 315 g/mol. The number of alkyl halides is 6. The van der Waals surface area contributed by atoms with E-state index in [0.717, 1.165) is 0 Å². The van der Waals surface area contributed by atoms with Gasteiger partial charge in [-0.05, 0) is 11.1 Å². The van der Waals surface area contributed by atoms with Gasteiger partial charge in [-0.15, -0.1) is 0 Å². The molecule has 0 spiro atoms. The fraction of sp³-hybridized carbons (Fsp3) is 0.417. The molecule has 1 aromatic carbocycles. The van der Waals surface area contributed by atoms with E-state index in [0.29, 0.717) is 5.56 Å². The van der Waals surface area contributed by atoms with Crippen LogP contribution in [0.2, 0.25) is 0 Å². The summed E-state index contributed by atoms with van der Waals surface area (Å²) in [4.78, 5) is 11.2. The highest BCUT2D eigenvalue weighted by molar-refractivity contribution is 5.80. The Kier molecular flexibility index (Phi) is 5.21. The van der Waals surface area contributed by atoms with Crippen LogP contribution in [0, 0.1) is 5.92 Å². The van der Waals surface area contributed by atoms with Crippen LogP contribution in [0.3, 0.4) is 0 Å². The Morgan fingerprint density at radius 1 is 1.10 bits per heavy atom. The third kappa shape index (κ3) is 4.92. The van der Waals surface area contributed by atoms with E-state index in [-0.39, 0.29) is 12.2 Å². The number of aliphatic hydroxyl groups is 1. The number of hydrogen-bond acceptors (Lipinski definition) is 2. The number of aliphatic hydroxyl groups excluding tert-OH is 1. The Balaban J connectivity index is 2.79. The molecule has 9 heteroatoms. The summed E-state index contributed by atoms with van der Waals surface area (Å²) in [6.45, 7) is -0.842. The number of carbonyl (C=O) groups excluding carboxylic acids is 1. The summed E-state index contributed by atoms with van der Waals surface area (Å²) in [7, 11) is 0. The Morgan fingerprint density at radius 3 is 2.10 bits per heavy atom. The van der Waals surface area contributed by atoms with E-state index in [1.54, 1.807) is 5.32 Å². The van der Waals surface area contributed by atoms with Crippen molar-refractivity contribution in [1.82, 2.24) is 5.32 Å². The van der Waals surface area contributed by atoms with Gasteiger partial charge >= 0.3 is 12.4 Å². The summed E-state index contributed by atoms with van der Waals surface area (Å²) in [5, 5.41) is 10.5. The maximum Gasteiger partial charge on any atom is 0.409 e. The molecule has 0 unspecified atom stereocenters. The second kappa shape index (κ2) is 6.33. The quantitative estimate of drug-likeness (QED) is 0.839. The molecule has 0 saturated carbocycles. The average Bonchev–Trinajstić information content (AvgIpc) is 2.33. The molecule has 0 atom stereocenters. The van der Waals surface area contributed by atoms with Gasteiger partial charge in [-0.1, -0.05) is 24.3 Å². The molecular formula is C12H11F6NO2. The van der Waals surface area contributed by atoms with Crippen LogP contribution in [-0.2, 0) is 17.9 Å². The lowest BCUT2D eigenvalue weighted by molar-refractivity contribution is -0.274. The molecule has 0 heterocycles. The third-order valence-corrected chi connectivity index (χ3v) is 2.56. The van der Waals surface area contributed by atoms with Crippen LogP contribution in [0.25, 0.3) is 0 Å². The van der Waals surface area contributed by atoms with E-state index in [2.05, 4.69) is 0 Å². The van der Waals surface area contributed by atoms with Crippen LogP contribution in [0.1, 0.15) is 11.1 Å². The van der Waals surface area contributed by atoms with Gasteiger partial charge in [0, 0.05) is 6.54 Å². The van der Waals surface area contributed by atoms with Gasteiger partial charge in [0.1, 0.15) is 0 Å². The first-order valence-corrected chi connectivity index (χ1v) is 5.65. The molecule has 0 bridgehead atoms. The van der Waals surface area contributed by atoms with E-state index in [9.17, 15) is 31.1 Å². The van der Waals surface area contributed by atoms with E-state index < -0.39 is 30.7 Å². The third-order valence-electron chi connectivity index (χ3n) is 2.56. The summed E-state index contributed by atoms with van der Waals surface area (Å²) in [5.74, 6) is -6.23. The lowest BCUT2D eigenvalue weighted by Gasteiger charge is -2.22. The lowest BCUT2D eigenvalue weighted by Crippen LogP contribution is -2.47. The zero-order valence-electron chi connectivity index (χ0n) is 10.4. The summed E-state index contributed by atoms with van der Waals surface area (Å²) in [5.41, 5.74) is 0.697. The molecule has 1 aromatic rings. The van der Waals surface area contributed by atoms with E-state index in [4.69, 9.17) is 5.11 Å². The van der Waals surface area contributed by atoms with Crippen molar-refractivity contribution in [2.45, 2.75) is 25.5 Å². The molecule has 2 N–H and O–H groups in total. The van der Waals surface area contributed by atoms with Gasteiger partial charge in [0.2, 0.25) is 11.8 Å². The van der Waals surface area contributed by atoms with Gasteiger partial charge in [0.15, 0.2) is 0 Å². The molecular weight excluding hydrogens is 304 g/mol. The van der Waals surface area contributed by atoms with Gasteiger partial charge in [0.25, 0.3) is 0 Å². The molecule has 0 radical (unpaired) electrons. The molecule has 21 heavy (non-hydrogen) atoms. The molecule has 118 valence electrons. The minimum Gasteiger partial charge on any atom is -0.392 e. The smallest absolute Gasteiger partial charge is 0.392 e. The fourth-order valence-corrected chi connectivity index (χ4v) is 1.61. The molecule has 0 aliphatic rings. The van der Waals surface area contributed by atoms with Crippen molar-refractivity contribution in [2.75, 3.05) is 0 Å². The largest absolute Gasteiger partial charge is 0.409 e. The van der Waals surface area contributed by atoms with Gasteiger partial charge < -0.3 is 10.4 Å². The molecule has 0 saturated heterocycles. The SMILES string of the molecule is O=C(NCc1cccc(CO)c1)C(C(F)(F)F)C(F)(F)F. The van der Waals surface area contributed by atoms with Crippen LogP contribution < -0.4 is 5.32 Å². The standard InChI is InChI=1S/C12H11F6NO2/c13-11(14,15)9(12(16,17)18)10(21)19-5-7-2-1-3-8(4-7)6-20/h1-4,9,20H,5-6H2,(H,19,21). The first kappa shape index (κ1) is 17.3. The number of rotatable bonds is 4. The van der Waals surface area contributed by atoms with Gasteiger partial charge in [-0.3, -0.25) is 4.79 Å². The summed E-state index contributed by atoms with van der Waals surface area (Å²) < 4.78 is 73.8. The summed E-state index contributed by atoms with van der Waals surface area (Å²) in [6, 6.07) is 5.73. The van der Waals surface area contributed by atoms with Crippen molar-refractivity contribution >= 4 is 5.91 Å². The topological polar surface area (TPSA) is 49.3 Å². The molecule has 0 aromatic heterocycles. The van der Waals surface area contributed by atoms with E-state index in [1.807, 2.05) is 0 Å². The highest BCUT2D eigenvalue weighted by Gasteiger charge is 2.60. The first-order chi connectivity index (χ1) is 9.55. The van der Waals surface area contributed by atoms with Crippen molar-refractivity contribution < 1.29 is 36.2 Å². The molecule has 3 nitrogen and oxygen atoms in total. The lowest BCUT2D eigenvalue weighted by atomic mass is 10.1. The normalized spacial score (nSPS) is 12.6.